The van der Waals surface area contributed by atoms with Crippen molar-refractivity contribution in [2.75, 3.05) is 13.7 Å². The van der Waals surface area contributed by atoms with E-state index in [9.17, 15) is 4.39 Å². The van der Waals surface area contributed by atoms with Gasteiger partial charge in [-0.25, -0.2) is 4.39 Å². The van der Waals surface area contributed by atoms with Gasteiger partial charge >= 0.3 is 0 Å². The van der Waals surface area contributed by atoms with E-state index < -0.39 is 0 Å². The Kier molecular flexibility index (Phi) is 5.71. The van der Waals surface area contributed by atoms with Gasteiger partial charge in [0.25, 0.3) is 0 Å². The van der Waals surface area contributed by atoms with Crippen LogP contribution in [0.4, 0.5) is 4.39 Å². The summed E-state index contributed by atoms with van der Waals surface area (Å²) in [4.78, 5) is 0. The quantitative estimate of drug-likeness (QED) is 0.782. The summed E-state index contributed by atoms with van der Waals surface area (Å²) in [7, 11) is 1.70. The van der Waals surface area contributed by atoms with Gasteiger partial charge in [0.1, 0.15) is 5.82 Å². The monoisotopic (exact) mass is 273 g/mol. The minimum atomic E-state index is -0.170. The molecule has 1 N–H and O–H groups in total. The Bertz CT molecular complexity index is 525. The first kappa shape index (κ1) is 14.7. The molecule has 0 aliphatic heterocycles. The third kappa shape index (κ3) is 4.76. The molecule has 0 heterocycles. The molecular weight excluding hydrogens is 253 g/mol. The minimum absolute atomic E-state index is 0.170. The van der Waals surface area contributed by atoms with Crippen molar-refractivity contribution in [2.24, 2.45) is 0 Å². The highest BCUT2D eigenvalue weighted by molar-refractivity contribution is 5.22. The Morgan fingerprint density at radius 3 is 2.45 bits per heavy atom. The number of methoxy groups -OCH3 is 1. The Balaban J connectivity index is 1.73. The minimum Gasteiger partial charge on any atom is -0.380 e. The summed E-state index contributed by atoms with van der Waals surface area (Å²) in [5, 5.41) is 3.37. The molecule has 2 rings (SSSR count). The first-order valence-corrected chi connectivity index (χ1v) is 6.80. The molecular formula is C17H20FNO. The summed E-state index contributed by atoms with van der Waals surface area (Å²) in [6.07, 6.45) is 0.833. The number of hydrogen-bond donors (Lipinski definition) is 1. The third-order valence-electron chi connectivity index (χ3n) is 3.14. The Labute approximate surface area is 119 Å². The molecule has 2 aromatic carbocycles. The molecule has 0 aliphatic rings. The van der Waals surface area contributed by atoms with Gasteiger partial charge in [0.2, 0.25) is 0 Å². The molecule has 0 aliphatic carbocycles. The molecule has 0 unspecified atom stereocenters. The highest BCUT2D eigenvalue weighted by Gasteiger charge is 1.97. The predicted octanol–water partition coefficient (Wildman–Crippen LogP) is 3.30. The first-order valence-electron chi connectivity index (χ1n) is 6.80. The van der Waals surface area contributed by atoms with Crippen LogP contribution in [0.1, 0.15) is 16.7 Å². The van der Waals surface area contributed by atoms with Crippen LogP contribution >= 0.6 is 0 Å². The lowest BCUT2D eigenvalue weighted by molar-refractivity contribution is 0.185. The van der Waals surface area contributed by atoms with Gasteiger partial charge in [0, 0.05) is 13.7 Å². The first-order chi connectivity index (χ1) is 9.78. The second kappa shape index (κ2) is 7.78. The standard InChI is InChI=1S/C17H20FNO/c1-20-13-16-7-5-15(6-8-16)12-19-10-9-14-3-2-4-17(18)11-14/h2-8,11,19H,9-10,12-13H2,1H3. The van der Waals surface area contributed by atoms with Crippen LogP contribution < -0.4 is 5.32 Å². The number of ether oxygens (including phenoxy) is 1. The van der Waals surface area contributed by atoms with Crippen LogP contribution in [-0.4, -0.2) is 13.7 Å². The van der Waals surface area contributed by atoms with Crippen LogP contribution in [0.2, 0.25) is 0 Å². The van der Waals surface area contributed by atoms with Gasteiger partial charge in [-0.05, 0) is 41.8 Å². The summed E-state index contributed by atoms with van der Waals surface area (Å²) in [5.74, 6) is -0.170. The van der Waals surface area contributed by atoms with E-state index in [1.807, 2.05) is 6.07 Å². The molecule has 2 nitrogen and oxygen atoms in total. The average molecular weight is 273 g/mol. The molecule has 0 saturated carbocycles. The van der Waals surface area contributed by atoms with Crippen LogP contribution in [-0.2, 0) is 24.3 Å². The van der Waals surface area contributed by atoms with Crippen LogP contribution in [0.15, 0.2) is 48.5 Å². The molecule has 106 valence electrons. The van der Waals surface area contributed by atoms with Gasteiger partial charge in [-0.2, -0.15) is 0 Å². The third-order valence-corrected chi connectivity index (χ3v) is 3.14. The normalized spacial score (nSPS) is 10.7. The topological polar surface area (TPSA) is 21.3 Å². The second-order valence-electron chi connectivity index (χ2n) is 4.81. The summed E-state index contributed by atoms with van der Waals surface area (Å²) < 4.78 is 18.1. The van der Waals surface area contributed by atoms with Crippen molar-refractivity contribution in [3.05, 3.63) is 71.0 Å². The molecule has 0 atom stereocenters. The van der Waals surface area contributed by atoms with Crippen LogP contribution in [0.3, 0.4) is 0 Å². The van der Waals surface area contributed by atoms with Crippen molar-refractivity contribution in [3.63, 3.8) is 0 Å². The van der Waals surface area contributed by atoms with Gasteiger partial charge in [-0.15, -0.1) is 0 Å². The molecule has 20 heavy (non-hydrogen) atoms. The summed E-state index contributed by atoms with van der Waals surface area (Å²) >= 11 is 0. The van der Waals surface area contributed by atoms with Crippen molar-refractivity contribution in [3.8, 4) is 0 Å². The average Bonchev–Trinajstić information content (AvgIpc) is 2.46. The lowest BCUT2D eigenvalue weighted by Gasteiger charge is -2.06. The zero-order valence-corrected chi connectivity index (χ0v) is 11.7. The summed E-state index contributed by atoms with van der Waals surface area (Å²) in [6.45, 7) is 2.30. The van der Waals surface area contributed by atoms with Crippen LogP contribution in [0.25, 0.3) is 0 Å². The van der Waals surface area contributed by atoms with E-state index in [0.29, 0.717) is 6.61 Å². The molecule has 0 spiro atoms. The maximum Gasteiger partial charge on any atom is 0.123 e. The molecule has 0 fully saturated rings. The number of hydrogen-bond acceptors (Lipinski definition) is 2. The lowest BCUT2D eigenvalue weighted by atomic mass is 10.1. The largest absolute Gasteiger partial charge is 0.380 e. The maximum atomic E-state index is 13.0. The van der Waals surface area contributed by atoms with Crippen molar-refractivity contribution >= 4 is 0 Å². The summed E-state index contributed by atoms with van der Waals surface area (Å²) in [6, 6.07) is 15.1. The maximum absolute atomic E-state index is 13.0. The van der Waals surface area contributed by atoms with Gasteiger partial charge in [0.15, 0.2) is 0 Å². The van der Waals surface area contributed by atoms with E-state index in [1.165, 1.54) is 17.2 Å². The number of rotatable bonds is 7. The van der Waals surface area contributed by atoms with Crippen molar-refractivity contribution in [1.29, 1.82) is 0 Å². The van der Waals surface area contributed by atoms with Crippen molar-refractivity contribution in [2.45, 2.75) is 19.6 Å². The highest BCUT2D eigenvalue weighted by atomic mass is 19.1. The molecule has 0 aromatic heterocycles. The van der Waals surface area contributed by atoms with Crippen molar-refractivity contribution in [1.82, 2.24) is 5.32 Å². The second-order valence-corrected chi connectivity index (χ2v) is 4.81. The summed E-state index contributed by atoms with van der Waals surface area (Å²) in [5.41, 5.74) is 3.44. The van der Waals surface area contributed by atoms with Gasteiger partial charge < -0.3 is 10.1 Å². The SMILES string of the molecule is COCc1ccc(CNCCc2cccc(F)c2)cc1. The Morgan fingerprint density at radius 1 is 1.00 bits per heavy atom. The van der Waals surface area contributed by atoms with Gasteiger partial charge in [-0.3, -0.25) is 0 Å². The number of benzene rings is 2. The zero-order chi connectivity index (χ0) is 14.2. The van der Waals surface area contributed by atoms with E-state index in [4.69, 9.17) is 4.74 Å². The van der Waals surface area contributed by atoms with Crippen LogP contribution in [0.5, 0.6) is 0 Å². The Hall–Kier alpha value is -1.71. The van der Waals surface area contributed by atoms with E-state index in [-0.39, 0.29) is 5.82 Å². The molecule has 0 saturated heterocycles. The fourth-order valence-corrected chi connectivity index (χ4v) is 2.08. The molecule has 0 amide bonds. The number of nitrogens with one attached hydrogen (secondary N) is 1. The lowest BCUT2D eigenvalue weighted by Crippen LogP contribution is -2.16. The molecule has 0 radical (unpaired) electrons. The van der Waals surface area contributed by atoms with Gasteiger partial charge in [0.05, 0.1) is 6.61 Å². The Morgan fingerprint density at radius 2 is 1.75 bits per heavy atom. The fraction of sp³-hybridized carbons (Fsp3) is 0.294. The van der Waals surface area contributed by atoms with Gasteiger partial charge in [-0.1, -0.05) is 36.4 Å². The zero-order valence-electron chi connectivity index (χ0n) is 11.7. The van der Waals surface area contributed by atoms with E-state index in [2.05, 4.69) is 29.6 Å². The molecule has 3 heteroatoms. The highest BCUT2D eigenvalue weighted by Crippen LogP contribution is 2.06. The molecule has 2 aromatic rings. The predicted molar refractivity (Wildman–Crippen MR) is 79.0 cm³/mol. The van der Waals surface area contributed by atoms with E-state index >= 15 is 0 Å². The van der Waals surface area contributed by atoms with E-state index in [1.54, 1.807) is 19.2 Å². The molecule has 0 bridgehead atoms. The van der Waals surface area contributed by atoms with Crippen LogP contribution in [0, 0.1) is 5.82 Å². The van der Waals surface area contributed by atoms with E-state index in [0.717, 1.165) is 25.1 Å². The number of halogens is 1. The fourth-order valence-electron chi connectivity index (χ4n) is 2.08. The van der Waals surface area contributed by atoms with Crippen molar-refractivity contribution < 1.29 is 9.13 Å². The smallest absolute Gasteiger partial charge is 0.123 e.